The van der Waals surface area contributed by atoms with Crippen molar-refractivity contribution in [2.24, 2.45) is 5.92 Å². The Kier molecular flexibility index (Phi) is 5.21. The van der Waals surface area contributed by atoms with Gasteiger partial charge in [0.25, 0.3) is 5.56 Å². The average Bonchev–Trinajstić information content (AvgIpc) is 2.27. The quantitative estimate of drug-likeness (QED) is 0.763. The predicted molar refractivity (Wildman–Crippen MR) is 69.1 cm³/mol. The van der Waals surface area contributed by atoms with Gasteiger partial charge in [0.2, 0.25) is 0 Å². The van der Waals surface area contributed by atoms with Crippen molar-refractivity contribution in [3.8, 4) is 0 Å². The largest absolute Gasteiger partial charge is 0.481 e. The van der Waals surface area contributed by atoms with Gasteiger partial charge in [0.15, 0.2) is 4.77 Å². The van der Waals surface area contributed by atoms with E-state index in [0.29, 0.717) is 12.5 Å². The van der Waals surface area contributed by atoms with Gasteiger partial charge in [-0.15, -0.1) is 0 Å². The summed E-state index contributed by atoms with van der Waals surface area (Å²) < 4.78 is 1.72. The third-order valence-corrected chi connectivity index (χ3v) is 2.84. The number of aromatic amines is 1. The monoisotopic (exact) mass is 271 g/mol. The van der Waals surface area contributed by atoms with Gasteiger partial charge in [0.05, 0.1) is 6.42 Å². The molecule has 0 saturated carbocycles. The lowest BCUT2D eigenvalue weighted by atomic mass is 10.1. The molecule has 0 atom stereocenters. The van der Waals surface area contributed by atoms with Crippen molar-refractivity contribution in [1.29, 1.82) is 0 Å². The van der Waals surface area contributed by atoms with E-state index in [4.69, 9.17) is 17.3 Å². The molecule has 6 nitrogen and oxygen atoms in total. The second kappa shape index (κ2) is 6.44. The first-order chi connectivity index (χ1) is 8.41. The molecule has 1 rings (SSSR count). The lowest BCUT2D eigenvalue weighted by Gasteiger charge is -2.09. The van der Waals surface area contributed by atoms with E-state index in [1.54, 1.807) is 0 Å². The first-order valence-corrected chi connectivity index (χ1v) is 6.22. The Morgan fingerprint density at radius 1 is 1.56 bits per heavy atom. The molecule has 100 valence electrons. The molecule has 0 aliphatic carbocycles. The van der Waals surface area contributed by atoms with Crippen molar-refractivity contribution < 1.29 is 9.90 Å². The highest BCUT2D eigenvalue weighted by atomic mass is 32.1. The van der Waals surface area contributed by atoms with Crippen molar-refractivity contribution in [1.82, 2.24) is 14.8 Å². The Morgan fingerprint density at radius 3 is 2.78 bits per heavy atom. The molecule has 0 bridgehead atoms. The summed E-state index contributed by atoms with van der Waals surface area (Å²) in [6, 6.07) is 0. The van der Waals surface area contributed by atoms with Crippen molar-refractivity contribution in [3.05, 3.63) is 20.8 Å². The van der Waals surface area contributed by atoms with Crippen LogP contribution in [-0.2, 0) is 17.8 Å². The lowest BCUT2D eigenvalue weighted by molar-refractivity contribution is -0.136. The van der Waals surface area contributed by atoms with Crippen LogP contribution < -0.4 is 5.56 Å². The topological polar surface area (TPSA) is 88.0 Å². The summed E-state index contributed by atoms with van der Waals surface area (Å²) in [5.74, 6) is -0.491. The van der Waals surface area contributed by atoms with Crippen LogP contribution >= 0.6 is 12.2 Å². The second-order valence-corrected chi connectivity index (χ2v) is 4.90. The Bertz CT molecular complexity index is 533. The number of aromatic nitrogens is 3. The van der Waals surface area contributed by atoms with E-state index >= 15 is 0 Å². The maximum absolute atomic E-state index is 12.0. The highest BCUT2D eigenvalue weighted by Crippen LogP contribution is 2.01. The number of carboxylic acids is 1. The van der Waals surface area contributed by atoms with Crippen LogP contribution in [0.2, 0.25) is 0 Å². The molecule has 1 heterocycles. The molecule has 1 aromatic heterocycles. The van der Waals surface area contributed by atoms with Gasteiger partial charge >= 0.3 is 5.97 Å². The van der Waals surface area contributed by atoms with Gasteiger partial charge in [-0.1, -0.05) is 13.8 Å². The number of hydrogen-bond donors (Lipinski definition) is 2. The van der Waals surface area contributed by atoms with Gasteiger partial charge in [-0.3, -0.25) is 19.3 Å². The van der Waals surface area contributed by atoms with Crippen LogP contribution in [0.4, 0.5) is 0 Å². The Balaban J connectivity index is 2.96. The summed E-state index contributed by atoms with van der Waals surface area (Å²) in [6.45, 7) is 4.64. The number of hydrogen-bond acceptors (Lipinski definition) is 4. The molecule has 18 heavy (non-hydrogen) atoms. The van der Waals surface area contributed by atoms with Crippen LogP contribution in [0.3, 0.4) is 0 Å². The number of nitrogens with one attached hydrogen (secondary N) is 1. The molecule has 0 aromatic carbocycles. The molecule has 0 unspecified atom stereocenters. The molecule has 0 radical (unpaired) electrons. The van der Waals surface area contributed by atoms with E-state index in [0.717, 1.165) is 6.42 Å². The summed E-state index contributed by atoms with van der Waals surface area (Å²) in [5.41, 5.74) is -0.0737. The number of H-pyrrole nitrogens is 1. The number of rotatable bonds is 6. The molecule has 2 N–H and O–H groups in total. The molecular formula is C11H17N3O3S. The molecule has 7 heteroatoms. The SMILES string of the molecule is CC(C)CCn1c(=S)[nH]nc(CCC(=O)O)c1=O. The van der Waals surface area contributed by atoms with Crippen molar-refractivity contribution >= 4 is 18.2 Å². The molecule has 0 spiro atoms. The molecule has 0 aliphatic rings. The van der Waals surface area contributed by atoms with E-state index in [-0.39, 0.29) is 28.9 Å². The number of aliphatic carboxylic acids is 1. The van der Waals surface area contributed by atoms with E-state index in [2.05, 4.69) is 24.0 Å². The molecule has 0 aliphatic heterocycles. The molecular weight excluding hydrogens is 254 g/mol. The molecule has 0 fully saturated rings. The summed E-state index contributed by atoms with van der Waals surface area (Å²) in [7, 11) is 0. The lowest BCUT2D eigenvalue weighted by Crippen LogP contribution is -2.28. The van der Waals surface area contributed by atoms with Crippen molar-refractivity contribution in [2.75, 3.05) is 0 Å². The van der Waals surface area contributed by atoms with Crippen molar-refractivity contribution in [2.45, 2.75) is 39.7 Å². The minimum absolute atomic E-state index is 0.113. The summed E-state index contributed by atoms with van der Waals surface area (Å²) in [5, 5.41) is 15.0. The molecule has 0 saturated heterocycles. The van der Waals surface area contributed by atoms with Gasteiger partial charge in [0, 0.05) is 13.0 Å². The fourth-order valence-electron chi connectivity index (χ4n) is 1.45. The van der Waals surface area contributed by atoms with Gasteiger partial charge in [0.1, 0.15) is 5.69 Å². The predicted octanol–water partition coefficient (Wildman–Crippen LogP) is 1.36. The minimum atomic E-state index is -0.951. The van der Waals surface area contributed by atoms with Crippen LogP contribution in [0, 0.1) is 10.7 Å². The first-order valence-electron chi connectivity index (χ1n) is 5.82. The van der Waals surface area contributed by atoms with Gasteiger partial charge in [-0.25, -0.2) is 0 Å². The normalized spacial score (nSPS) is 10.8. The van der Waals surface area contributed by atoms with Crippen molar-refractivity contribution in [3.63, 3.8) is 0 Å². The molecule has 0 amide bonds. The maximum atomic E-state index is 12.0. The van der Waals surface area contributed by atoms with Crippen LogP contribution in [0.25, 0.3) is 0 Å². The average molecular weight is 271 g/mol. The van der Waals surface area contributed by atoms with E-state index < -0.39 is 5.97 Å². The zero-order valence-corrected chi connectivity index (χ0v) is 11.3. The fourth-order valence-corrected chi connectivity index (χ4v) is 1.67. The Morgan fingerprint density at radius 2 is 2.22 bits per heavy atom. The Hall–Kier alpha value is -1.50. The Labute approximate surface area is 110 Å². The molecule has 1 aromatic rings. The zero-order chi connectivity index (χ0) is 13.7. The second-order valence-electron chi connectivity index (χ2n) is 4.51. The number of carbonyl (C=O) groups is 1. The van der Waals surface area contributed by atoms with Gasteiger partial charge in [-0.2, -0.15) is 5.10 Å². The third kappa shape index (κ3) is 4.06. The maximum Gasteiger partial charge on any atom is 0.303 e. The van der Waals surface area contributed by atoms with Crippen LogP contribution in [0.15, 0.2) is 4.79 Å². The number of nitrogens with zero attached hydrogens (tertiary/aromatic N) is 2. The summed E-state index contributed by atoms with van der Waals surface area (Å²) in [6.07, 6.45) is 0.832. The highest BCUT2D eigenvalue weighted by molar-refractivity contribution is 7.71. The zero-order valence-electron chi connectivity index (χ0n) is 10.5. The summed E-state index contributed by atoms with van der Waals surface area (Å²) in [4.78, 5) is 22.5. The standard InChI is InChI=1S/C11H17N3O3S/c1-7(2)5-6-14-10(17)8(3-4-9(15)16)12-13-11(14)18/h7H,3-6H2,1-2H3,(H,13,18)(H,15,16). The van der Waals surface area contributed by atoms with Gasteiger partial charge in [-0.05, 0) is 24.6 Å². The highest BCUT2D eigenvalue weighted by Gasteiger charge is 2.09. The van der Waals surface area contributed by atoms with Crippen LogP contribution in [-0.4, -0.2) is 25.8 Å². The van der Waals surface area contributed by atoms with Gasteiger partial charge < -0.3 is 5.11 Å². The summed E-state index contributed by atoms with van der Waals surface area (Å²) >= 11 is 5.02. The van der Waals surface area contributed by atoms with E-state index in [9.17, 15) is 9.59 Å². The van der Waals surface area contributed by atoms with E-state index in [1.807, 2.05) is 0 Å². The van der Waals surface area contributed by atoms with E-state index in [1.165, 1.54) is 4.57 Å². The smallest absolute Gasteiger partial charge is 0.303 e. The fraction of sp³-hybridized carbons (Fsp3) is 0.636. The third-order valence-electron chi connectivity index (χ3n) is 2.53. The minimum Gasteiger partial charge on any atom is -0.481 e. The van der Waals surface area contributed by atoms with Crippen LogP contribution in [0.1, 0.15) is 32.4 Å². The number of aryl methyl sites for hydroxylation is 1. The van der Waals surface area contributed by atoms with Crippen LogP contribution in [0.5, 0.6) is 0 Å². The first kappa shape index (κ1) is 14.6. The number of carboxylic acid groups (broad SMARTS) is 1.